The Morgan fingerprint density at radius 2 is 1.60 bits per heavy atom. The van der Waals surface area contributed by atoms with E-state index in [2.05, 4.69) is 26.2 Å². The summed E-state index contributed by atoms with van der Waals surface area (Å²) in [5.41, 5.74) is 8.58. The lowest BCUT2D eigenvalue weighted by atomic mass is 10.0. The summed E-state index contributed by atoms with van der Waals surface area (Å²) < 4.78 is 5.70. The van der Waals surface area contributed by atoms with E-state index >= 15 is 0 Å². The summed E-state index contributed by atoms with van der Waals surface area (Å²) in [4.78, 5) is 50.3. The normalized spacial score (nSPS) is 13.6. The summed E-state index contributed by atoms with van der Waals surface area (Å²) in [7, 11) is 0. The van der Waals surface area contributed by atoms with Crippen LogP contribution in [0.5, 0.6) is 0 Å². The molecule has 0 aliphatic carbocycles. The fraction of sp³-hybridized carbons (Fsp3) is 0.290. The van der Waals surface area contributed by atoms with Gasteiger partial charge in [0, 0.05) is 43.0 Å². The smallest absolute Gasteiger partial charge is 0.411 e. The number of likely N-dealkylation sites (tertiary alicyclic amines) is 1. The predicted octanol–water partition coefficient (Wildman–Crippen LogP) is 2.81. The number of carbonyl (C=O) groups excluding carboxylic acids is 4. The van der Waals surface area contributed by atoms with Gasteiger partial charge in [-0.15, -0.1) is 0 Å². The summed E-state index contributed by atoms with van der Waals surface area (Å²) in [6, 6.07) is 24.1. The van der Waals surface area contributed by atoms with Gasteiger partial charge >= 0.3 is 6.09 Å². The maximum Gasteiger partial charge on any atom is 0.411 e. The van der Waals surface area contributed by atoms with Crippen LogP contribution in [0.4, 0.5) is 16.2 Å². The second kappa shape index (κ2) is 15.3. The number of primary amides is 1. The van der Waals surface area contributed by atoms with Crippen LogP contribution in [0.2, 0.25) is 0 Å². The topological polar surface area (TPSA) is 155 Å². The summed E-state index contributed by atoms with van der Waals surface area (Å²) in [6.45, 7) is 2.44. The second-order valence-corrected chi connectivity index (χ2v) is 9.94. The van der Waals surface area contributed by atoms with Gasteiger partial charge in [0.25, 0.3) is 5.91 Å². The number of rotatable bonds is 12. The van der Waals surface area contributed by atoms with Crippen LogP contribution in [0.25, 0.3) is 11.1 Å². The minimum absolute atomic E-state index is 0.0754. The van der Waals surface area contributed by atoms with E-state index in [0.29, 0.717) is 42.9 Å². The number of anilines is 2. The fourth-order valence-corrected chi connectivity index (χ4v) is 4.68. The molecule has 6 N–H and O–H groups in total. The molecule has 3 aromatic carbocycles. The first-order chi connectivity index (χ1) is 20.4. The number of ether oxygens (including phenoxy) is 1. The van der Waals surface area contributed by atoms with Crippen molar-refractivity contribution in [1.82, 2.24) is 15.5 Å². The van der Waals surface area contributed by atoms with Crippen molar-refractivity contribution in [2.75, 3.05) is 49.9 Å². The van der Waals surface area contributed by atoms with Gasteiger partial charge in [-0.1, -0.05) is 54.6 Å². The van der Waals surface area contributed by atoms with Gasteiger partial charge in [-0.2, -0.15) is 0 Å². The number of piperidine rings is 1. The number of nitrogens with one attached hydrogen (secondary N) is 4. The first-order valence-corrected chi connectivity index (χ1v) is 13.9. The maximum absolute atomic E-state index is 12.6. The van der Waals surface area contributed by atoms with Crippen LogP contribution < -0.4 is 27.0 Å². The summed E-state index contributed by atoms with van der Waals surface area (Å²) >= 11 is 0. The van der Waals surface area contributed by atoms with Crippen molar-refractivity contribution in [3.05, 3.63) is 84.4 Å². The Hall–Kier alpha value is -4.74. The molecule has 11 nitrogen and oxygen atoms in total. The van der Waals surface area contributed by atoms with E-state index < -0.39 is 12.0 Å². The van der Waals surface area contributed by atoms with E-state index in [4.69, 9.17) is 10.5 Å². The van der Waals surface area contributed by atoms with Crippen molar-refractivity contribution in [3.63, 3.8) is 0 Å². The average Bonchev–Trinajstić information content (AvgIpc) is 2.98. The molecule has 220 valence electrons. The van der Waals surface area contributed by atoms with Crippen LogP contribution in [0.1, 0.15) is 23.2 Å². The van der Waals surface area contributed by atoms with Crippen molar-refractivity contribution >= 4 is 35.2 Å². The van der Waals surface area contributed by atoms with Crippen molar-refractivity contribution in [3.8, 4) is 11.1 Å². The summed E-state index contributed by atoms with van der Waals surface area (Å²) in [5.74, 6) is -1.15. The fourth-order valence-electron chi connectivity index (χ4n) is 4.68. The maximum atomic E-state index is 12.6. The number of hydrogen-bond donors (Lipinski definition) is 5. The highest BCUT2D eigenvalue weighted by Gasteiger charge is 2.23. The first kappa shape index (κ1) is 30.2. The molecule has 4 amide bonds. The number of nitrogens with two attached hydrogens (primary N) is 1. The van der Waals surface area contributed by atoms with E-state index in [1.807, 2.05) is 54.6 Å². The van der Waals surface area contributed by atoms with Gasteiger partial charge in [-0.3, -0.25) is 25.0 Å². The van der Waals surface area contributed by atoms with Crippen molar-refractivity contribution in [1.29, 1.82) is 0 Å². The van der Waals surface area contributed by atoms with E-state index in [-0.39, 0.29) is 31.0 Å². The summed E-state index contributed by atoms with van der Waals surface area (Å²) in [5, 5.41) is 11.1. The molecule has 11 heteroatoms. The summed E-state index contributed by atoms with van der Waals surface area (Å²) in [6.07, 6.45) is 0.767. The number of carbonyl (C=O) groups is 4. The molecule has 1 heterocycles. The Bertz CT molecular complexity index is 1370. The highest BCUT2D eigenvalue weighted by Crippen LogP contribution is 2.28. The van der Waals surface area contributed by atoms with E-state index in [0.717, 1.165) is 24.2 Å². The minimum Gasteiger partial charge on any atom is -0.446 e. The SMILES string of the molecule is NC(=O)CNCC(=O)Nc1cccc(C(=O)NCCN2CCC(OC(=O)Nc3ccccc3-c3ccccc3)CC2)c1. The Kier molecular flexibility index (Phi) is 11.0. The zero-order valence-corrected chi connectivity index (χ0v) is 23.3. The van der Waals surface area contributed by atoms with Crippen LogP contribution in [0, 0.1) is 0 Å². The standard InChI is InChI=1S/C31H36N6O5/c32-28(38)20-33-21-29(39)35-24-10-6-9-23(19-24)30(40)34-15-18-37-16-13-25(14-17-37)42-31(41)36-27-12-5-4-11-26(27)22-7-2-1-3-8-22/h1-12,19,25,33H,13-18,20-21H2,(H2,32,38)(H,34,40)(H,35,39)(H,36,41). The zero-order chi connectivity index (χ0) is 29.7. The van der Waals surface area contributed by atoms with Gasteiger partial charge in [0.05, 0.1) is 18.8 Å². The second-order valence-electron chi connectivity index (χ2n) is 9.94. The third-order valence-electron chi connectivity index (χ3n) is 6.76. The lowest BCUT2D eigenvalue weighted by molar-refractivity contribution is -0.117. The molecule has 0 unspecified atom stereocenters. The van der Waals surface area contributed by atoms with Crippen molar-refractivity contribution < 1.29 is 23.9 Å². The third-order valence-corrected chi connectivity index (χ3v) is 6.76. The molecule has 42 heavy (non-hydrogen) atoms. The van der Waals surface area contributed by atoms with E-state index in [1.54, 1.807) is 24.3 Å². The lowest BCUT2D eigenvalue weighted by Gasteiger charge is -2.31. The Balaban J connectivity index is 1.15. The minimum atomic E-state index is -0.553. The first-order valence-electron chi connectivity index (χ1n) is 13.9. The molecule has 0 aromatic heterocycles. The molecule has 1 aliphatic rings. The third kappa shape index (κ3) is 9.43. The van der Waals surface area contributed by atoms with Crippen LogP contribution in [0.3, 0.4) is 0 Å². The highest BCUT2D eigenvalue weighted by molar-refractivity contribution is 5.97. The van der Waals surface area contributed by atoms with Crippen molar-refractivity contribution in [2.45, 2.75) is 18.9 Å². The molecule has 1 fully saturated rings. The average molecular weight is 573 g/mol. The monoisotopic (exact) mass is 572 g/mol. The van der Waals surface area contributed by atoms with Crippen molar-refractivity contribution in [2.24, 2.45) is 5.73 Å². The highest BCUT2D eigenvalue weighted by atomic mass is 16.6. The molecule has 1 aliphatic heterocycles. The number of amides is 4. The van der Waals surface area contributed by atoms with Gasteiger partial charge < -0.3 is 26.0 Å². The Morgan fingerprint density at radius 1 is 0.857 bits per heavy atom. The number of benzene rings is 3. The van der Waals surface area contributed by atoms with Gasteiger partial charge in [-0.25, -0.2) is 4.79 Å². The predicted molar refractivity (Wildman–Crippen MR) is 161 cm³/mol. The van der Waals surface area contributed by atoms with Gasteiger partial charge in [0.2, 0.25) is 11.8 Å². The molecular weight excluding hydrogens is 536 g/mol. The van der Waals surface area contributed by atoms with E-state index in [1.165, 1.54) is 0 Å². The van der Waals surface area contributed by atoms with Gasteiger partial charge in [0.15, 0.2) is 0 Å². The number of para-hydroxylation sites is 1. The molecule has 0 atom stereocenters. The zero-order valence-electron chi connectivity index (χ0n) is 23.3. The number of hydrogen-bond acceptors (Lipinski definition) is 7. The number of nitrogens with zero attached hydrogens (tertiary/aromatic N) is 1. The Labute approximate surface area is 244 Å². The van der Waals surface area contributed by atoms with Crippen LogP contribution >= 0.6 is 0 Å². The molecule has 0 saturated carbocycles. The molecular formula is C31H36N6O5. The van der Waals surface area contributed by atoms with E-state index in [9.17, 15) is 19.2 Å². The molecule has 0 spiro atoms. The Morgan fingerprint density at radius 3 is 2.36 bits per heavy atom. The quantitative estimate of drug-likeness (QED) is 0.224. The van der Waals surface area contributed by atoms with Gasteiger partial charge in [-0.05, 0) is 42.7 Å². The largest absolute Gasteiger partial charge is 0.446 e. The van der Waals surface area contributed by atoms with Gasteiger partial charge in [0.1, 0.15) is 6.10 Å². The van der Waals surface area contributed by atoms with Crippen LogP contribution in [-0.4, -0.2) is 74.1 Å². The molecule has 3 aromatic rings. The molecule has 0 bridgehead atoms. The van der Waals surface area contributed by atoms with Crippen LogP contribution in [0.15, 0.2) is 78.9 Å². The lowest BCUT2D eigenvalue weighted by Crippen LogP contribution is -2.42. The molecule has 1 saturated heterocycles. The van der Waals surface area contributed by atoms with Crippen LogP contribution in [-0.2, 0) is 14.3 Å². The molecule has 4 rings (SSSR count). The molecule has 0 radical (unpaired) electrons.